The van der Waals surface area contributed by atoms with Crippen LogP contribution in [0.25, 0.3) is 11.1 Å². The van der Waals surface area contributed by atoms with Crippen LogP contribution in [-0.4, -0.2) is 32.0 Å². The highest BCUT2D eigenvalue weighted by molar-refractivity contribution is 7.90. The fourth-order valence-corrected chi connectivity index (χ4v) is 3.27. The Balaban J connectivity index is 0. The summed E-state index contributed by atoms with van der Waals surface area (Å²) in [6.07, 6.45) is 12.5. The lowest BCUT2D eigenvalue weighted by molar-refractivity contribution is -0.141. The van der Waals surface area contributed by atoms with Gasteiger partial charge in [-0.25, -0.2) is 17.8 Å². The largest absolute Gasteiger partial charge is 0.478 e. The number of alkyl halides is 3. The van der Waals surface area contributed by atoms with Crippen molar-refractivity contribution in [3.63, 3.8) is 0 Å². The molecule has 0 amide bonds. The third kappa shape index (κ3) is 12.4. The minimum absolute atomic E-state index is 0.0272. The molecule has 0 aliphatic heterocycles. The van der Waals surface area contributed by atoms with E-state index >= 15 is 0 Å². The van der Waals surface area contributed by atoms with Crippen molar-refractivity contribution < 1.29 is 30.7 Å². The van der Waals surface area contributed by atoms with E-state index in [1.54, 1.807) is 26.0 Å². The number of aromatic nitrogens is 1. The van der Waals surface area contributed by atoms with E-state index in [9.17, 15) is 26.0 Å². The molecule has 0 spiro atoms. The van der Waals surface area contributed by atoms with Crippen LogP contribution in [0.4, 0.5) is 17.6 Å². The zero-order valence-corrected chi connectivity index (χ0v) is 21.8. The molecule has 0 saturated carbocycles. The Morgan fingerprint density at radius 1 is 1.19 bits per heavy atom. The van der Waals surface area contributed by atoms with E-state index in [-0.39, 0.29) is 41.4 Å². The summed E-state index contributed by atoms with van der Waals surface area (Å²) in [4.78, 5) is 3.66. The molecule has 0 atom stereocenters. The summed E-state index contributed by atoms with van der Waals surface area (Å²) in [5.41, 5.74) is -0.767. The average Bonchev–Trinajstić information content (AvgIpc) is 2.81. The SMILES string of the molecule is C#C.C=C.C=C/C(=C\C=C(/C)F)c1c(/C(=C/C)C/C=C\CS(C)(=O)=O)cc(OCC)nc1C(F)(F)F. The maximum absolute atomic E-state index is 14.0. The maximum atomic E-state index is 14.0. The van der Waals surface area contributed by atoms with Crippen LogP contribution in [-0.2, 0) is 16.0 Å². The van der Waals surface area contributed by atoms with Gasteiger partial charge in [-0.1, -0.05) is 37.0 Å². The van der Waals surface area contributed by atoms with Crippen molar-refractivity contribution in [2.75, 3.05) is 18.6 Å². The smallest absolute Gasteiger partial charge is 0.434 e. The van der Waals surface area contributed by atoms with Crippen molar-refractivity contribution in [2.45, 2.75) is 33.4 Å². The Bertz CT molecular complexity index is 1110. The minimum atomic E-state index is -4.82. The Morgan fingerprint density at radius 2 is 1.78 bits per heavy atom. The van der Waals surface area contributed by atoms with Crippen molar-refractivity contribution in [3.8, 4) is 18.7 Å². The van der Waals surface area contributed by atoms with E-state index in [1.165, 1.54) is 31.2 Å². The Hall–Kier alpha value is -3.38. The number of halogens is 4. The predicted octanol–water partition coefficient (Wildman–Crippen LogP) is 7.39. The van der Waals surface area contributed by atoms with Crippen molar-refractivity contribution in [1.29, 1.82) is 0 Å². The molecule has 0 saturated heterocycles. The molecular weight excluding hydrogens is 494 g/mol. The van der Waals surface area contributed by atoms with E-state index in [4.69, 9.17) is 4.74 Å². The molecule has 1 aromatic heterocycles. The molecule has 36 heavy (non-hydrogen) atoms. The summed E-state index contributed by atoms with van der Waals surface area (Å²) in [7, 11) is -3.22. The van der Waals surface area contributed by atoms with E-state index in [0.29, 0.717) is 5.57 Å². The highest BCUT2D eigenvalue weighted by atomic mass is 32.2. The molecule has 0 aliphatic carbocycles. The first-order valence-electron chi connectivity index (χ1n) is 10.6. The lowest BCUT2D eigenvalue weighted by atomic mass is 9.90. The molecule has 0 fully saturated rings. The van der Waals surface area contributed by atoms with Crippen LogP contribution in [0, 0.1) is 12.8 Å². The Labute approximate surface area is 212 Å². The van der Waals surface area contributed by atoms with E-state index in [2.05, 4.69) is 37.6 Å². The third-order valence-electron chi connectivity index (χ3n) is 4.16. The zero-order valence-electron chi connectivity index (χ0n) is 21.0. The molecule has 1 aromatic rings. The number of pyridine rings is 1. The van der Waals surface area contributed by atoms with Gasteiger partial charge in [0.2, 0.25) is 5.88 Å². The molecule has 0 bridgehead atoms. The fourth-order valence-electron chi connectivity index (χ4n) is 2.79. The second-order valence-electron chi connectivity index (χ2n) is 6.82. The van der Waals surface area contributed by atoms with Crippen LogP contribution >= 0.6 is 0 Å². The molecule has 1 heterocycles. The number of sulfone groups is 1. The van der Waals surface area contributed by atoms with E-state index in [1.807, 2.05) is 0 Å². The summed E-state index contributed by atoms with van der Waals surface area (Å²) in [6, 6.07) is 1.39. The minimum Gasteiger partial charge on any atom is -0.478 e. The van der Waals surface area contributed by atoms with Gasteiger partial charge in [0.25, 0.3) is 0 Å². The molecule has 4 nitrogen and oxygen atoms in total. The first-order chi connectivity index (χ1) is 16.8. The van der Waals surface area contributed by atoms with Crippen LogP contribution < -0.4 is 4.74 Å². The monoisotopic (exact) mass is 527 g/mol. The van der Waals surface area contributed by atoms with E-state index in [0.717, 1.165) is 12.3 Å². The number of allylic oxidation sites excluding steroid dienone is 8. The van der Waals surface area contributed by atoms with Crippen LogP contribution in [0.3, 0.4) is 0 Å². The molecule has 0 aliphatic rings. The number of hydrogen-bond acceptors (Lipinski definition) is 4. The normalized spacial score (nSPS) is 12.8. The molecular formula is C27H33F4NO3S. The molecule has 0 unspecified atom stereocenters. The number of ether oxygens (including phenoxy) is 1. The van der Waals surface area contributed by atoms with Crippen molar-refractivity contribution in [2.24, 2.45) is 0 Å². The number of nitrogens with zero attached hydrogens (tertiary/aromatic N) is 1. The zero-order chi connectivity index (χ0) is 28.5. The van der Waals surface area contributed by atoms with Gasteiger partial charge in [-0.3, -0.25) is 0 Å². The Morgan fingerprint density at radius 3 is 2.19 bits per heavy atom. The van der Waals surface area contributed by atoms with Gasteiger partial charge in [0.05, 0.1) is 18.2 Å². The quantitative estimate of drug-likeness (QED) is 0.138. The molecule has 0 radical (unpaired) electrons. The standard InChI is InChI=1S/C23H27F4NO3S.C2H4.C2H2/c1-6-17(11-9-10-14-32(5,29)30)19-15-20(31-8-3)28-22(23(25,26)27)21(19)18(7-2)13-12-16(4)24;2*1-2/h6-7,9-10,12-13,15H,2,8,11,14H2,1,3-5H3;1-2H2;1-2H/b10-9-,16-12+,17-6+,18-13+;;. The Kier molecular flexibility index (Phi) is 16.5. The summed E-state index contributed by atoms with van der Waals surface area (Å²) in [5.74, 6) is -0.990. The molecule has 0 aromatic carbocycles. The van der Waals surface area contributed by atoms with Crippen LogP contribution in [0.1, 0.15) is 44.0 Å². The van der Waals surface area contributed by atoms with Gasteiger partial charge in [0.15, 0.2) is 15.5 Å². The maximum Gasteiger partial charge on any atom is 0.434 e. The molecule has 198 valence electrons. The van der Waals surface area contributed by atoms with Crippen molar-refractivity contribution >= 4 is 21.0 Å². The summed E-state index contributed by atoms with van der Waals surface area (Å²) in [6.45, 7) is 14.1. The highest BCUT2D eigenvalue weighted by Crippen LogP contribution is 2.40. The van der Waals surface area contributed by atoms with Gasteiger partial charge in [-0.2, -0.15) is 13.2 Å². The van der Waals surface area contributed by atoms with Gasteiger partial charge < -0.3 is 4.74 Å². The predicted molar refractivity (Wildman–Crippen MR) is 142 cm³/mol. The average molecular weight is 528 g/mol. The van der Waals surface area contributed by atoms with E-state index < -0.39 is 27.5 Å². The second-order valence-corrected chi connectivity index (χ2v) is 9.01. The van der Waals surface area contributed by atoms with Crippen molar-refractivity contribution in [1.82, 2.24) is 4.98 Å². The number of rotatable bonds is 10. The van der Waals surface area contributed by atoms with Crippen LogP contribution in [0.15, 0.2) is 68.1 Å². The number of hydrogen-bond donors (Lipinski definition) is 0. The summed E-state index contributed by atoms with van der Waals surface area (Å²) >= 11 is 0. The fraction of sp³-hybridized carbons (Fsp3) is 0.296. The number of terminal acetylenes is 1. The highest BCUT2D eigenvalue weighted by Gasteiger charge is 2.38. The van der Waals surface area contributed by atoms with Gasteiger partial charge in [-0.05, 0) is 50.0 Å². The lowest BCUT2D eigenvalue weighted by Crippen LogP contribution is -2.15. The molecule has 0 N–H and O–H groups in total. The summed E-state index contributed by atoms with van der Waals surface area (Å²) < 4.78 is 83.1. The topological polar surface area (TPSA) is 56.3 Å². The third-order valence-corrected chi connectivity index (χ3v) is 4.95. The van der Waals surface area contributed by atoms with Gasteiger partial charge >= 0.3 is 6.18 Å². The first-order valence-corrected chi connectivity index (χ1v) is 12.6. The summed E-state index contributed by atoms with van der Waals surface area (Å²) in [5, 5.41) is 0. The van der Waals surface area contributed by atoms with Gasteiger partial charge in [0.1, 0.15) is 0 Å². The second kappa shape index (κ2) is 17.1. The van der Waals surface area contributed by atoms with Crippen LogP contribution in [0.5, 0.6) is 5.88 Å². The lowest BCUT2D eigenvalue weighted by Gasteiger charge is -2.20. The molecule has 1 rings (SSSR count). The van der Waals surface area contributed by atoms with Crippen molar-refractivity contribution in [3.05, 3.63) is 84.9 Å². The van der Waals surface area contributed by atoms with Gasteiger partial charge in [0, 0.05) is 17.9 Å². The van der Waals surface area contributed by atoms with Crippen LogP contribution in [0.2, 0.25) is 0 Å². The molecule has 9 heteroatoms. The first kappa shape index (κ1) is 34.8. The van der Waals surface area contributed by atoms with Gasteiger partial charge in [-0.15, -0.1) is 26.0 Å².